The van der Waals surface area contributed by atoms with Gasteiger partial charge in [-0.15, -0.1) is 0 Å². The Kier molecular flexibility index (Phi) is 5.46. The molecule has 8 heteroatoms. The molecule has 6 nitrogen and oxygen atoms in total. The zero-order chi connectivity index (χ0) is 19.3. The molecule has 0 aliphatic heterocycles. The standard InChI is InChI=1S/C19H16FN3O3S/c20-15-5-7-16(8-6-15)27(25,26)23-18-4-2-1-3-17(18)19(24)22-13-14-9-11-21-12-10-14/h1-12,23H,13H2,(H,22,24). The minimum Gasteiger partial charge on any atom is -0.348 e. The summed E-state index contributed by atoms with van der Waals surface area (Å²) in [6, 6.07) is 14.2. The Balaban J connectivity index is 1.79. The lowest BCUT2D eigenvalue weighted by molar-refractivity contribution is 0.0952. The number of pyridine rings is 1. The van der Waals surface area contributed by atoms with Crippen LogP contribution in [-0.2, 0) is 16.6 Å². The summed E-state index contributed by atoms with van der Waals surface area (Å²) in [4.78, 5) is 16.3. The van der Waals surface area contributed by atoms with Crippen molar-refractivity contribution >= 4 is 21.6 Å². The molecule has 2 N–H and O–H groups in total. The molecule has 27 heavy (non-hydrogen) atoms. The van der Waals surface area contributed by atoms with Gasteiger partial charge in [0.1, 0.15) is 5.82 Å². The van der Waals surface area contributed by atoms with Crippen LogP contribution in [0.4, 0.5) is 10.1 Å². The monoisotopic (exact) mass is 385 g/mol. The van der Waals surface area contributed by atoms with Crippen LogP contribution in [-0.4, -0.2) is 19.3 Å². The van der Waals surface area contributed by atoms with Crippen LogP contribution >= 0.6 is 0 Å². The van der Waals surface area contributed by atoms with E-state index in [1.165, 1.54) is 12.1 Å². The number of carbonyl (C=O) groups is 1. The summed E-state index contributed by atoms with van der Waals surface area (Å²) in [5.41, 5.74) is 1.18. The van der Waals surface area contributed by atoms with Gasteiger partial charge in [-0.2, -0.15) is 0 Å². The maximum Gasteiger partial charge on any atom is 0.261 e. The summed E-state index contributed by atoms with van der Waals surface area (Å²) in [5.74, 6) is -0.964. The number of amides is 1. The molecule has 0 saturated carbocycles. The zero-order valence-corrected chi connectivity index (χ0v) is 14.9. The first-order valence-corrected chi connectivity index (χ1v) is 9.48. The number of nitrogens with zero attached hydrogens (tertiary/aromatic N) is 1. The average molecular weight is 385 g/mol. The number of aromatic nitrogens is 1. The third-order valence-corrected chi connectivity index (χ3v) is 5.12. The number of sulfonamides is 1. The molecule has 3 rings (SSSR count). The number of carbonyl (C=O) groups excluding carboxylic acids is 1. The summed E-state index contributed by atoms with van der Waals surface area (Å²) in [7, 11) is -3.96. The molecular weight excluding hydrogens is 369 g/mol. The summed E-state index contributed by atoms with van der Waals surface area (Å²) in [5, 5.41) is 2.74. The van der Waals surface area contributed by atoms with Crippen LogP contribution in [0.1, 0.15) is 15.9 Å². The maximum absolute atomic E-state index is 13.0. The fraction of sp³-hybridized carbons (Fsp3) is 0.0526. The van der Waals surface area contributed by atoms with Gasteiger partial charge in [0, 0.05) is 18.9 Å². The van der Waals surface area contributed by atoms with Gasteiger partial charge < -0.3 is 5.32 Å². The molecule has 0 spiro atoms. The van der Waals surface area contributed by atoms with E-state index >= 15 is 0 Å². The summed E-state index contributed by atoms with van der Waals surface area (Å²) in [6.07, 6.45) is 3.23. The Labute approximate surface area is 156 Å². The Morgan fingerprint density at radius 3 is 2.33 bits per heavy atom. The van der Waals surface area contributed by atoms with Gasteiger partial charge in [0.05, 0.1) is 16.1 Å². The molecule has 3 aromatic rings. The molecule has 0 aliphatic carbocycles. The molecule has 1 heterocycles. The van der Waals surface area contributed by atoms with Crippen molar-refractivity contribution < 1.29 is 17.6 Å². The molecular formula is C19H16FN3O3S. The van der Waals surface area contributed by atoms with Crippen molar-refractivity contribution in [3.63, 3.8) is 0 Å². The highest BCUT2D eigenvalue weighted by Crippen LogP contribution is 2.20. The molecule has 0 fully saturated rings. The molecule has 0 unspecified atom stereocenters. The topological polar surface area (TPSA) is 88.2 Å². The highest BCUT2D eigenvalue weighted by Gasteiger charge is 2.18. The van der Waals surface area contributed by atoms with Crippen LogP contribution in [0.5, 0.6) is 0 Å². The second-order valence-electron chi connectivity index (χ2n) is 5.64. The van der Waals surface area contributed by atoms with E-state index in [0.29, 0.717) is 0 Å². The fourth-order valence-electron chi connectivity index (χ4n) is 2.37. The lowest BCUT2D eigenvalue weighted by Crippen LogP contribution is -2.25. The molecule has 0 saturated heterocycles. The van der Waals surface area contributed by atoms with Crippen LogP contribution in [0, 0.1) is 5.82 Å². The Hall–Kier alpha value is -3.26. The number of hydrogen-bond donors (Lipinski definition) is 2. The van der Waals surface area contributed by atoms with E-state index in [1.807, 2.05) is 0 Å². The first-order valence-electron chi connectivity index (χ1n) is 8.00. The van der Waals surface area contributed by atoms with Gasteiger partial charge in [-0.3, -0.25) is 14.5 Å². The Morgan fingerprint density at radius 2 is 1.63 bits per heavy atom. The van der Waals surface area contributed by atoms with E-state index in [9.17, 15) is 17.6 Å². The number of anilines is 1. The number of halogens is 1. The predicted molar refractivity (Wildman–Crippen MR) is 99.1 cm³/mol. The number of nitrogens with one attached hydrogen (secondary N) is 2. The van der Waals surface area contributed by atoms with Crippen LogP contribution in [0.25, 0.3) is 0 Å². The third-order valence-electron chi connectivity index (χ3n) is 3.74. The lowest BCUT2D eigenvalue weighted by Gasteiger charge is -2.13. The molecule has 0 aliphatic rings. The quantitative estimate of drug-likeness (QED) is 0.683. The SMILES string of the molecule is O=C(NCc1ccncc1)c1ccccc1NS(=O)(=O)c1ccc(F)cc1. The number of hydrogen-bond acceptors (Lipinski definition) is 4. The van der Waals surface area contributed by atoms with Crippen LogP contribution in [0.15, 0.2) is 78.0 Å². The van der Waals surface area contributed by atoms with Gasteiger partial charge in [0.25, 0.3) is 15.9 Å². The Bertz CT molecular complexity index is 1040. The van der Waals surface area contributed by atoms with E-state index in [4.69, 9.17) is 0 Å². The highest BCUT2D eigenvalue weighted by atomic mass is 32.2. The van der Waals surface area contributed by atoms with Crippen molar-refractivity contribution in [1.29, 1.82) is 0 Å². The normalized spacial score (nSPS) is 11.0. The van der Waals surface area contributed by atoms with E-state index < -0.39 is 21.7 Å². The van der Waals surface area contributed by atoms with E-state index in [2.05, 4.69) is 15.0 Å². The summed E-state index contributed by atoms with van der Waals surface area (Å²) >= 11 is 0. The van der Waals surface area contributed by atoms with Gasteiger partial charge in [-0.1, -0.05) is 12.1 Å². The smallest absolute Gasteiger partial charge is 0.261 e. The molecule has 0 bridgehead atoms. The molecule has 0 atom stereocenters. The van der Waals surface area contributed by atoms with Crippen molar-refractivity contribution in [3.05, 3.63) is 90.0 Å². The second-order valence-corrected chi connectivity index (χ2v) is 7.33. The maximum atomic E-state index is 13.0. The molecule has 1 amide bonds. The second kappa shape index (κ2) is 7.96. The van der Waals surface area contributed by atoms with Crippen LogP contribution in [0.3, 0.4) is 0 Å². The first-order chi connectivity index (χ1) is 13.0. The molecule has 0 radical (unpaired) electrons. The van der Waals surface area contributed by atoms with E-state index in [1.54, 1.807) is 36.7 Å². The summed E-state index contributed by atoms with van der Waals surface area (Å²) < 4.78 is 40.4. The van der Waals surface area contributed by atoms with Crippen LogP contribution in [0.2, 0.25) is 0 Å². The van der Waals surface area contributed by atoms with Crippen molar-refractivity contribution in [1.82, 2.24) is 10.3 Å². The zero-order valence-electron chi connectivity index (χ0n) is 14.1. The summed E-state index contributed by atoms with van der Waals surface area (Å²) in [6.45, 7) is 0.278. The van der Waals surface area contributed by atoms with Gasteiger partial charge in [0.15, 0.2) is 0 Å². The minimum atomic E-state index is -3.96. The molecule has 1 aromatic heterocycles. The fourth-order valence-corrected chi connectivity index (χ4v) is 3.45. The van der Waals surface area contributed by atoms with Crippen molar-refractivity contribution in [3.8, 4) is 0 Å². The molecule has 138 valence electrons. The number of para-hydroxylation sites is 1. The van der Waals surface area contributed by atoms with Crippen molar-refractivity contribution in [2.24, 2.45) is 0 Å². The largest absolute Gasteiger partial charge is 0.348 e. The number of benzene rings is 2. The lowest BCUT2D eigenvalue weighted by atomic mass is 10.1. The van der Waals surface area contributed by atoms with Gasteiger partial charge in [-0.25, -0.2) is 12.8 Å². The molecule has 2 aromatic carbocycles. The van der Waals surface area contributed by atoms with E-state index in [0.717, 1.165) is 29.8 Å². The van der Waals surface area contributed by atoms with Gasteiger partial charge in [0.2, 0.25) is 0 Å². The van der Waals surface area contributed by atoms with Crippen molar-refractivity contribution in [2.75, 3.05) is 4.72 Å². The third kappa shape index (κ3) is 4.68. The minimum absolute atomic E-state index is 0.101. The van der Waals surface area contributed by atoms with Crippen molar-refractivity contribution in [2.45, 2.75) is 11.4 Å². The van der Waals surface area contributed by atoms with E-state index in [-0.39, 0.29) is 22.7 Å². The highest BCUT2D eigenvalue weighted by molar-refractivity contribution is 7.92. The number of rotatable bonds is 6. The van der Waals surface area contributed by atoms with Gasteiger partial charge in [-0.05, 0) is 54.1 Å². The van der Waals surface area contributed by atoms with Gasteiger partial charge >= 0.3 is 0 Å². The Morgan fingerprint density at radius 1 is 0.963 bits per heavy atom. The van der Waals surface area contributed by atoms with Crippen LogP contribution < -0.4 is 10.0 Å². The first kappa shape index (κ1) is 18.5. The average Bonchev–Trinajstić information content (AvgIpc) is 2.67. The predicted octanol–water partition coefficient (Wildman–Crippen LogP) is 2.95.